The third kappa shape index (κ3) is 5.72. The average Bonchev–Trinajstić information content (AvgIpc) is 2.65. The Hall–Kier alpha value is -2.68. The number of nitrogens with zero attached hydrogens (tertiary/aromatic N) is 1. The molecule has 0 bridgehead atoms. The van der Waals surface area contributed by atoms with Crippen molar-refractivity contribution in [2.45, 2.75) is 38.9 Å². The van der Waals surface area contributed by atoms with Gasteiger partial charge >= 0.3 is 12.1 Å². The van der Waals surface area contributed by atoms with Gasteiger partial charge in [0.05, 0.1) is 29.8 Å². The first-order valence-electron chi connectivity index (χ1n) is 9.09. The molecule has 1 aromatic carbocycles. The number of halogens is 5. The van der Waals surface area contributed by atoms with E-state index in [9.17, 15) is 27.2 Å². The second-order valence-electron chi connectivity index (χ2n) is 7.95. The summed E-state index contributed by atoms with van der Waals surface area (Å²) >= 11 is 5.88. The molecule has 0 fully saturated rings. The Kier molecular flexibility index (Phi) is 7.00. The van der Waals surface area contributed by atoms with Gasteiger partial charge in [0.15, 0.2) is 0 Å². The highest BCUT2D eigenvalue weighted by molar-refractivity contribution is 6.30. The van der Waals surface area contributed by atoms with Crippen molar-refractivity contribution in [3.63, 3.8) is 0 Å². The van der Waals surface area contributed by atoms with E-state index in [1.165, 1.54) is 18.3 Å². The number of hydrogen-bond acceptors (Lipinski definition) is 4. The maximum absolute atomic E-state index is 14.3. The number of nitrogens with one attached hydrogen (secondary N) is 1. The van der Waals surface area contributed by atoms with E-state index in [0.29, 0.717) is 12.1 Å². The quantitative estimate of drug-likeness (QED) is 0.511. The minimum Gasteiger partial charge on any atom is -0.469 e. The zero-order valence-corrected chi connectivity index (χ0v) is 18.0. The predicted molar refractivity (Wildman–Crippen MR) is 106 cm³/mol. The zero-order valence-electron chi connectivity index (χ0n) is 17.2. The molecule has 1 heterocycles. The maximum Gasteiger partial charge on any atom is 0.416 e. The van der Waals surface area contributed by atoms with Crippen LogP contribution in [0.1, 0.15) is 44.0 Å². The molecule has 1 aromatic heterocycles. The molecule has 0 radical (unpaired) electrons. The van der Waals surface area contributed by atoms with E-state index in [4.69, 9.17) is 16.3 Å². The van der Waals surface area contributed by atoms with Crippen molar-refractivity contribution >= 4 is 23.5 Å². The number of amides is 1. The highest BCUT2D eigenvalue weighted by atomic mass is 35.5. The molecule has 2 aromatic rings. The smallest absolute Gasteiger partial charge is 0.416 e. The average molecular weight is 461 g/mol. The summed E-state index contributed by atoms with van der Waals surface area (Å²) in [7, 11) is 1.08. The third-order valence-corrected chi connectivity index (χ3v) is 4.75. The van der Waals surface area contributed by atoms with E-state index < -0.39 is 46.8 Å². The molecular weight excluding hydrogens is 440 g/mol. The molecular formula is C21H21ClF4N2O3. The van der Waals surface area contributed by atoms with Crippen LogP contribution in [-0.4, -0.2) is 24.0 Å². The minimum atomic E-state index is -4.87. The van der Waals surface area contributed by atoms with Crippen LogP contribution in [0.2, 0.25) is 5.02 Å². The molecule has 168 valence electrons. The lowest BCUT2D eigenvalue weighted by atomic mass is 9.80. The van der Waals surface area contributed by atoms with Gasteiger partial charge in [0, 0.05) is 11.6 Å². The van der Waals surface area contributed by atoms with Gasteiger partial charge in [0.1, 0.15) is 11.4 Å². The van der Waals surface area contributed by atoms with Crippen LogP contribution >= 0.6 is 11.6 Å². The van der Waals surface area contributed by atoms with Gasteiger partial charge in [-0.05, 0) is 35.9 Å². The number of hydrogen-bond donors (Lipinski definition) is 1. The molecule has 0 unspecified atom stereocenters. The maximum atomic E-state index is 14.3. The number of benzene rings is 1. The molecule has 0 aliphatic carbocycles. The molecule has 31 heavy (non-hydrogen) atoms. The van der Waals surface area contributed by atoms with Crippen LogP contribution in [0.25, 0.3) is 0 Å². The van der Waals surface area contributed by atoms with Gasteiger partial charge in [-0.15, -0.1) is 0 Å². The van der Waals surface area contributed by atoms with Crippen LogP contribution in [0.3, 0.4) is 0 Å². The SMILES string of the molecule is COC(=O)C[C@](NC(=O)C(C)(C)C)(c1cc(F)cc(C(F)(F)F)c1)c1ccc(Cl)cn1. The number of ether oxygens (including phenoxy) is 1. The normalized spacial score (nSPS) is 14.0. The van der Waals surface area contributed by atoms with Crippen molar-refractivity contribution in [3.8, 4) is 0 Å². The van der Waals surface area contributed by atoms with E-state index in [2.05, 4.69) is 10.3 Å². The zero-order chi connectivity index (χ0) is 23.6. The minimum absolute atomic E-state index is 0.0152. The fourth-order valence-electron chi connectivity index (χ4n) is 2.82. The summed E-state index contributed by atoms with van der Waals surface area (Å²) in [5.41, 5.74) is -4.56. The summed E-state index contributed by atoms with van der Waals surface area (Å²) in [4.78, 5) is 29.3. The van der Waals surface area contributed by atoms with Crippen LogP contribution in [0.4, 0.5) is 17.6 Å². The summed E-state index contributed by atoms with van der Waals surface area (Å²) in [6.45, 7) is 4.73. The van der Waals surface area contributed by atoms with Crippen LogP contribution < -0.4 is 5.32 Å². The second kappa shape index (κ2) is 8.82. The number of methoxy groups -OCH3 is 1. The summed E-state index contributed by atoms with van der Waals surface area (Å²) in [6.07, 6.45) is -4.30. The number of alkyl halides is 3. The molecule has 5 nitrogen and oxygen atoms in total. The van der Waals surface area contributed by atoms with Crippen molar-refractivity contribution in [2.75, 3.05) is 7.11 Å². The molecule has 10 heteroatoms. The predicted octanol–water partition coefficient (Wildman–Crippen LogP) is 4.86. The van der Waals surface area contributed by atoms with E-state index in [0.717, 1.165) is 13.2 Å². The molecule has 0 aliphatic heterocycles. The number of carbonyl (C=O) groups is 2. The van der Waals surface area contributed by atoms with Crippen LogP contribution in [0.15, 0.2) is 36.5 Å². The van der Waals surface area contributed by atoms with Crippen LogP contribution in [-0.2, 0) is 26.0 Å². The lowest BCUT2D eigenvalue weighted by molar-refractivity contribution is -0.142. The molecule has 1 atom stereocenters. The van der Waals surface area contributed by atoms with Crippen LogP contribution in [0, 0.1) is 11.2 Å². The van der Waals surface area contributed by atoms with Gasteiger partial charge in [-0.25, -0.2) is 4.39 Å². The first-order valence-corrected chi connectivity index (χ1v) is 9.46. The van der Waals surface area contributed by atoms with E-state index in [1.807, 2.05) is 0 Å². The largest absolute Gasteiger partial charge is 0.469 e. The van der Waals surface area contributed by atoms with Gasteiger partial charge in [-0.3, -0.25) is 14.6 Å². The molecule has 2 rings (SSSR count). The Bertz CT molecular complexity index is 972. The number of aromatic nitrogens is 1. The van der Waals surface area contributed by atoms with Crippen molar-refractivity contribution in [1.29, 1.82) is 0 Å². The van der Waals surface area contributed by atoms with Gasteiger partial charge < -0.3 is 10.1 Å². The van der Waals surface area contributed by atoms with Crippen molar-refractivity contribution in [3.05, 3.63) is 64.2 Å². The van der Waals surface area contributed by atoms with Gasteiger partial charge in [0.2, 0.25) is 5.91 Å². The lowest BCUT2D eigenvalue weighted by Crippen LogP contribution is -2.52. The summed E-state index contributed by atoms with van der Waals surface area (Å²) in [5, 5.41) is 2.83. The summed E-state index contributed by atoms with van der Waals surface area (Å²) < 4.78 is 59.2. The standard InChI is InChI=1S/C21H21ClF4N2O3/c1-19(2,3)18(30)28-20(10-17(29)31-4,16-6-5-14(22)11-27-16)12-7-13(21(24,25)26)9-15(23)8-12/h5-9,11H,10H2,1-4H3,(H,28,30)/t20-/m0/s1. The monoisotopic (exact) mass is 460 g/mol. The number of rotatable bonds is 5. The number of carbonyl (C=O) groups excluding carboxylic acids is 2. The van der Waals surface area contributed by atoms with Gasteiger partial charge in [-0.1, -0.05) is 32.4 Å². The highest BCUT2D eigenvalue weighted by Crippen LogP contribution is 2.38. The fourth-order valence-corrected chi connectivity index (χ4v) is 2.93. The van der Waals surface area contributed by atoms with E-state index >= 15 is 0 Å². The summed E-state index contributed by atoms with van der Waals surface area (Å²) in [6, 6.07) is 4.55. The topological polar surface area (TPSA) is 68.3 Å². The second-order valence-corrected chi connectivity index (χ2v) is 8.39. The first-order chi connectivity index (χ1) is 14.2. The Morgan fingerprint density at radius 1 is 1.10 bits per heavy atom. The number of esters is 1. The van der Waals surface area contributed by atoms with Crippen LogP contribution in [0.5, 0.6) is 0 Å². The Balaban J connectivity index is 2.87. The van der Waals surface area contributed by atoms with E-state index in [1.54, 1.807) is 20.8 Å². The fraction of sp³-hybridized carbons (Fsp3) is 0.381. The Morgan fingerprint density at radius 3 is 2.19 bits per heavy atom. The molecule has 0 spiro atoms. The van der Waals surface area contributed by atoms with Crippen molar-refractivity contribution in [1.82, 2.24) is 10.3 Å². The molecule has 0 saturated heterocycles. The summed E-state index contributed by atoms with van der Waals surface area (Å²) in [5.74, 6) is -2.66. The highest BCUT2D eigenvalue weighted by Gasteiger charge is 2.44. The molecule has 0 aliphatic rings. The molecule has 1 amide bonds. The van der Waals surface area contributed by atoms with Gasteiger partial charge in [0.25, 0.3) is 0 Å². The lowest BCUT2D eigenvalue weighted by Gasteiger charge is -2.36. The number of pyridine rings is 1. The third-order valence-electron chi connectivity index (χ3n) is 4.53. The first kappa shape index (κ1) is 24.6. The van der Waals surface area contributed by atoms with Crippen molar-refractivity contribution < 1.29 is 31.9 Å². The Morgan fingerprint density at radius 2 is 1.71 bits per heavy atom. The molecule has 0 saturated carbocycles. The van der Waals surface area contributed by atoms with Gasteiger partial charge in [-0.2, -0.15) is 13.2 Å². The van der Waals surface area contributed by atoms with Crippen molar-refractivity contribution in [2.24, 2.45) is 5.41 Å². The Labute approximate surface area is 181 Å². The molecule has 1 N–H and O–H groups in total. The van der Waals surface area contributed by atoms with E-state index in [-0.39, 0.29) is 16.3 Å².